The van der Waals surface area contributed by atoms with Crippen molar-refractivity contribution in [3.63, 3.8) is 0 Å². The zero-order valence-electron chi connectivity index (χ0n) is 22.8. The number of fused-ring (bicyclic) bond motifs is 1. The summed E-state index contributed by atoms with van der Waals surface area (Å²) < 4.78 is 33.9. The van der Waals surface area contributed by atoms with Gasteiger partial charge in [0.2, 0.25) is 0 Å². The van der Waals surface area contributed by atoms with Crippen LogP contribution in [0.3, 0.4) is 0 Å². The molecule has 0 heterocycles. The maximum absolute atomic E-state index is 13.5. The van der Waals surface area contributed by atoms with Crippen molar-refractivity contribution in [2.45, 2.75) is 18.4 Å². The first-order valence-corrected chi connectivity index (χ1v) is 15.0. The number of carbonyl (C=O) groups excluding carboxylic acids is 1. The Balaban J connectivity index is 1.22. The number of nitrogens with one attached hydrogen (secondary N) is 1. The number of anilines is 1. The number of benzene rings is 5. The van der Waals surface area contributed by atoms with Gasteiger partial charge in [-0.25, -0.2) is 13.8 Å². The molecule has 0 aliphatic heterocycles. The predicted octanol–water partition coefficient (Wildman–Crippen LogP) is 6.73. The van der Waals surface area contributed by atoms with Gasteiger partial charge in [-0.15, -0.1) is 0 Å². The first-order valence-electron chi connectivity index (χ1n) is 13.2. The minimum Gasteiger partial charge on any atom is -0.489 e. The average Bonchev–Trinajstić information content (AvgIpc) is 3.00. The Kier molecular flexibility index (Phi) is 8.85. The van der Waals surface area contributed by atoms with Gasteiger partial charge >= 0.3 is 0 Å². The molecule has 0 atom stereocenters. The zero-order valence-corrected chi connectivity index (χ0v) is 24.3. The summed E-state index contributed by atoms with van der Waals surface area (Å²) in [4.78, 5) is 12.9. The largest absolute Gasteiger partial charge is 0.489 e. The summed E-state index contributed by atoms with van der Waals surface area (Å²) in [6.07, 6.45) is 1.48. The summed E-state index contributed by atoms with van der Waals surface area (Å²) in [5.74, 6) is 0.0935. The summed E-state index contributed by atoms with van der Waals surface area (Å²) in [5, 5.41) is 6.78. The number of carbonyl (C=O) groups is 1. The van der Waals surface area contributed by atoms with Gasteiger partial charge in [-0.05, 0) is 89.5 Å². The summed E-state index contributed by atoms with van der Waals surface area (Å²) >= 11 is 6.00. The minimum atomic E-state index is -4.04. The molecule has 1 amide bonds. The van der Waals surface area contributed by atoms with Crippen LogP contribution in [0.25, 0.3) is 10.8 Å². The van der Waals surface area contributed by atoms with Crippen LogP contribution in [0.5, 0.6) is 5.75 Å². The molecule has 0 aliphatic carbocycles. The lowest BCUT2D eigenvalue weighted by molar-refractivity contribution is -0.119. The van der Waals surface area contributed by atoms with Crippen molar-refractivity contribution in [2.24, 2.45) is 5.10 Å². The van der Waals surface area contributed by atoms with Crippen LogP contribution in [-0.2, 0) is 21.4 Å². The fourth-order valence-corrected chi connectivity index (χ4v) is 5.88. The van der Waals surface area contributed by atoms with Crippen molar-refractivity contribution in [3.05, 3.63) is 137 Å². The van der Waals surface area contributed by atoms with Crippen molar-refractivity contribution in [1.82, 2.24) is 5.43 Å². The Labute approximate surface area is 250 Å². The smallest absolute Gasteiger partial charge is 0.264 e. The molecule has 0 spiro atoms. The molecular weight excluding hydrogens is 570 g/mol. The molecule has 7 nitrogen and oxygen atoms in total. The van der Waals surface area contributed by atoms with E-state index < -0.39 is 22.5 Å². The number of ether oxygens (including phenoxy) is 1. The third-order valence-electron chi connectivity index (χ3n) is 6.57. The van der Waals surface area contributed by atoms with Gasteiger partial charge in [-0.3, -0.25) is 9.10 Å². The number of halogens is 1. The molecule has 0 saturated heterocycles. The highest BCUT2D eigenvalue weighted by atomic mass is 35.5. The van der Waals surface area contributed by atoms with Gasteiger partial charge in [0.25, 0.3) is 15.9 Å². The Morgan fingerprint density at radius 2 is 1.57 bits per heavy atom. The van der Waals surface area contributed by atoms with Crippen molar-refractivity contribution in [1.29, 1.82) is 0 Å². The van der Waals surface area contributed by atoms with Gasteiger partial charge in [0.1, 0.15) is 18.9 Å². The highest BCUT2D eigenvalue weighted by molar-refractivity contribution is 7.92. The van der Waals surface area contributed by atoms with Crippen molar-refractivity contribution in [2.75, 3.05) is 10.8 Å². The Hall–Kier alpha value is -4.66. The third kappa shape index (κ3) is 6.97. The molecule has 5 aromatic rings. The molecule has 0 aliphatic rings. The summed E-state index contributed by atoms with van der Waals surface area (Å²) in [5.41, 5.74) is 5.47. The monoisotopic (exact) mass is 597 g/mol. The standard InChI is InChI=1S/C33H28ClN3O4S/c1-24-9-19-31(20-10-24)42(39,40)37(29-15-13-28(34)14-16-29)22-33(38)36-35-21-25-11-17-30(18-12-25)41-23-27-7-4-6-26-5-2-3-8-32(26)27/h2-21H,22-23H2,1H3,(H,36,38)/b35-21-. The van der Waals surface area contributed by atoms with E-state index in [1.54, 1.807) is 36.4 Å². The van der Waals surface area contributed by atoms with Crippen LogP contribution in [-0.4, -0.2) is 27.1 Å². The van der Waals surface area contributed by atoms with E-state index in [9.17, 15) is 13.2 Å². The van der Waals surface area contributed by atoms with E-state index in [4.69, 9.17) is 16.3 Å². The number of rotatable bonds is 10. The maximum atomic E-state index is 13.5. The fourth-order valence-electron chi connectivity index (χ4n) is 4.33. The molecule has 0 fully saturated rings. The highest BCUT2D eigenvalue weighted by Crippen LogP contribution is 2.25. The molecule has 5 rings (SSSR count). The number of sulfonamides is 1. The molecule has 0 saturated carbocycles. The van der Waals surface area contributed by atoms with Gasteiger partial charge in [0.15, 0.2) is 0 Å². The van der Waals surface area contributed by atoms with E-state index in [1.807, 2.05) is 55.5 Å². The fraction of sp³-hybridized carbons (Fsp3) is 0.0909. The Bertz CT molecular complexity index is 1820. The van der Waals surface area contributed by atoms with Gasteiger partial charge in [0, 0.05) is 5.02 Å². The van der Waals surface area contributed by atoms with Gasteiger partial charge in [-0.1, -0.05) is 71.8 Å². The summed E-state index contributed by atoms with van der Waals surface area (Å²) in [7, 11) is -4.04. The second kappa shape index (κ2) is 12.9. The molecule has 1 N–H and O–H groups in total. The maximum Gasteiger partial charge on any atom is 0.264 e. The van der Waals surface area contributed by atoms with Gasteiger partial charge in [0.05, 0.1) is 16.8 Å². The zero-order chi connectivity index (χ0) is 29.5. The molecule has 0 bridgehead atoms. The topological polar surface area (TPSA) is 88.1 Å². The lowest BCUT2D eigenvalue weighted by Crippen LogP contribution is -2.39. The van der Waals surface area contributed by atoms with Crippen LogP contribution in [0.1, 0.15) is 16.7 Å². The Morgan fingerprint density at radius 1 is 0.881 bits per heavy atom. The van der Waals surface area contributed by atoms with E-state index in [-0.39, 0.29) is 4.90 Å². The number of amides is 1. The second-order valence-electron chi connectivity index (χ2n) is 9.59. The third-order valence-corrected chi connectivity index (χ3v) is 8.61. The van der Waals surface area contributed by atoms with Crippen LogP contribution in [0.4, 0.5) is 5.69 Å². The van der Waals surface area contributed by atoms with Crippen LogP contribution in [0.15, 0.2) is 125 Å². The summed E-state index contributed by atoms with van der Waals surface area (Å²) in [6.45, 7) is 1.82. The molecule has 0 aromatic heterocycles. The van der Waals surface area contributed by atoms with Crippen molar-refractivity contribution >= 4 is 50.2 Å². The molecule has 9 heteroatoms. The van der Waals surface area contributed by atoms with E-state index in [1.165, 1.54) is 18.3 Å². The highest BCUT2D eigenvalue weighted by Gasteiger charge is 2.27. The van der Waals surface area contributed by atoms with Crippen molar-refractivity contribution < 1.29 is 17.9 Å². The van der Waals surface area contributed by atoms with Crippen molar-refractivity contribution in [3.8, 4) is 5.75 Å². The lowest BCUT2D eigenvalue weighted by atomic mass is 10.1. The van der Waals surface area contributed by atoms with Gasteiger partial charge in [-0.2, -0.15) is 5.10 Å². The van der Waals surface area contributed by atoms with E-state index >= 15 is 0 Å². The Morgan fingerprint density at radius 3 is 2.31 bits per heavy atom. The average molecular weight is 598 g/mol. The number of aryl methyl sites for hydroxylation is 1. The molecule has 42 heavy (non-hydrogen) atoms. The van der Waals surface area contributed by atoms with Crippen LogP contribution >= 0.6 is 11.6 Å². The second-order valence-corrected chi connectivity index (χ2v) is 11.9. The normalized spacial score (nSPS) is 11.5. The molecular formula is C33H28ClN3O4S. The quantitative estimate of drug-likeness (QED) is 0.143. The number of hydrazone groups is 1. The van der Waals surface area contributed by atoms with Gasteiger partial charge < -0.3 is 4.74 Å². The SMILES string of the molecule is Cc1ccc(S(=O)(=O)N(CC(=O)N/N=C\c2ccc(OCc3cccc4ccccc34)cc2)c2ccc(Cl)cc2)cc1. The molecule has 0 unspecified atom stereocenters. The summed E-state index contributed by atoms with van der Waals surface area (Å²) in [6, 6.07) is 34.3. The van der Waals surface area contributed by atoms with Crippen LogP contribution in [0, 0.1) is 6.92 Å². The lowest BCUT2D eigenvalue weighted by Gasteiger charge is -2.23. The molecule has 212 valence electrons. The first-order chi connectivity index (χ1) is 20.3. The molecule has 5 aromatic carbocycles. The minimum absolute atomic E-state index is 0.0714. The number of hydrogen-bond acceptors (Lipinski definition) is 5. The van der Waals surface area contributed by atoms with Crippen LogP contribution < -0.4 is 14.5 Å². The predicted molar refractivity (Wildman–Crippen MR) is 168 cm³/mol. The molecule has 0 radical (unpaired) electrons. The van der Waals surface area contributed by atoms with E-state index in [2.05, 4.69) is 28.7 Å². The number of nitrogens with zero attached hydrogens (tertiary/aromatic N) is 2. The first kappa shape index (κ1) is 28.9. The van der Waals surface area contributed by atoms with Crippen LogP contribution in [0.2, 0.25) is 5.02 Å². The number of hydrogen-bond donors (Lipinski definition) is 1. The van der Waals surface area contributed by atoms with E-state index in [0.29, 0.717) is 23.1 Å². The van der Waals surface area contributed by atoms with E-state index in [0.717, 1.165) is 31.8 Å².